The zero-order valence-electron chi connectivity index (χ0n) is 14.0. The van der Waals surface area contributed by atoms with Crippen LogP contribution < -0.4 is 0 Å². The minimum absolute atomic E-state index is 0.366. The molecular weight excluding hydrogens is 296 g/mol. The van der Waals surface area contributed by atoms with Crippen LogP contribution in [-0.2, 0) is 0 Å². The summed E-state index contributed by atoms with van der Waals surface area (Å²) in [6.45, 7) is 4.14. The Morgan fingerprint density at radius 3 is 2.25 bits per heavy atom. The van der Waals surface area contributed by atoms with Crippen LogP contribution in [0.4, 0.5) is 0 Å². The Morgan fingerprint density at radius 2 is 1.54 bits per heavy atom. The molecule has 3 aromatic carbocycles. The van der Waals surface area contributed by atoms with E-state index in [9.17, 15) is 10.2 Å². The first kappa shape index (κ1) is 16.1. The Labute approximate surface area is 142 Å². The number of hydrogen-bond acceptors (Lipinski definition) is 2. The van der Waals surface area contributed by atoms with Crippen molar-refractivity contribution in [2.24, 2.45) is 0 Å². The molecular formula is C22H22O2. The summed E-state index contributed by atoms with van der Waals surface area (Å²) in [4.78, 5) is 0. The summed E-state index contributed by atoms with van der Waals surface area (Å²) >= 11 is 0. The van der Waals surface area contributed by atoms with Gasteiger partial charge in [0.15, 0.2) is 0 Å². The molecule has 122 valence electrons. The van der Waals surface area contributed by atoms with Gasteiger partial charge in [0.05, 0.1) is 0 Å². The van der Waals surface area contributed by atoms with Crippen molar-refractivity contribution < 1.29 is 10.2 Å². The van der Waals surface area contributed by atoms with Crippen LogP contribution in [0, 0.1) is 6.92 Å². The SMILES string of the molecule is CC1CC=Cc2cccc(O)c21.Cc1cccc2cccc(O)c12. The Kier molecular flexibility index (Phi) is 4.57. The zero-order valence-corrected chi connectivity index (χ0v) is 14.0. The van der Waals surface area contributed by atoms with Gasteiger partial charge in [-0.1, -0.05) is 61.5 Å². The van der Waals surface area contributed by atoms with Crippen molar-refractivity contribution in [3.8, 4) is 11.5 Å². The smallest absolute Gasteiger partial charge is 0.123 e. The minimum atomic E-state index is 0.366. The van der Waals surface area contributed by atoms with Gasteiger partial charge >= 0.3 is 0 Å². The topological polar surface area (TPSA) is 40.5 Å². The van der Waals surface area contributed by atoms with Gasteiger partial charge in [-0.05, 0) is 47.9 Å². The molecule has 0 fully saturated rings. The fourth-order valence-corrected chi connectivity index (χ4v) is 3.28. The number of hydrogen-bond donors (Lipinski definition) is 2. The first-order valence-electron chi connectivity index (χ1n) is 8.23. The van der Waals surface area contributed by atoms with Crippen LogP contribution in [0.5, 0.6) is 11.5 Å². The highest BCUT2D eigenvalue weighted by Crippen LogP contribution is 2.35. The van der Waals surface area contributed by atoms with Gasteiger partial charge in [0, 0.05) is 10.9 Å². The van der Waals surface area contributed by atoms with Crippen LogP contribution in [-0.4, -0.2) is 10.2 Å². The Bertz CT molecular complexity index is 857. The molecule has 0 aromatic heterocycles. The second-order valence-corrected chi connectivity index (χ2v) is 6.27. The molecule has 1 atom stereocenters. The Balaban J connectivity index is 0.000000141. The third-order valence-corrected chi connectivity index (χ3v) is 4.49. The van der Waals surface area contributed by atoms with E-state index in [0.29, 0.717) is 17.4 Å². The summed E-state index contributed by atoms with van der Waals surface area (Å²) < 4.78 is 0. The van der Waals surface area contributed by atoms with Gasteiger partial charge in [0.25, 0.3) is 0 Å². The van der Waals surface area contributed by atoms with E-state index >= 15 is 0 Å². The molecule has 1 aliphatic rings. The summed E-state index contributed by atoms with van der Waals surface area (Å²) in [5, 5.41) is 21.2. The molecule has 0 spiro atoms. The lowest BCUT2D eigenvalue weighted by Crippen LogP contribution is -1.99. The van der Waals surface area contributed by atoms with Gasteiger partial charge in [-0.2, -0.15) is 0 Å². The molecule has 0 saturated heterocycles. The third-order valence-electron chi connectivity index (χ3n) is 4.49. The number of aromatic hydroxyl groups is 2. The number of rotatable bonds is 0. The number of fused-ring (bicyclic) bond motifs is 2. The van der Waals surface area contributed by atoms with E-state index in [-0.39, 0.29) is 0 Å². The highest BCUT2D eigenvalue weighted by molar-refractivity contribution is 5.90. The Morgan fingerprint density at radius 1 is 0.875 bits per heavy atom. The summed E-state index contributed by atoms with van der Waals surface area (Å²) in [6, 6.07) is 17.3. The minimum Gasteiger partial charge on any atom is -0.508 e. The molecule has 24 heavy (non-hydrogen) atoms. The highest BCUT2D eigenvalue weighted by Gasteiger charge is 2.15. The Hall–Kier alpha value is -2.74. The molecule has 0 amide bonds. The maximum absolute atomic E-state index is 9.59. The molecule has 0 heterocycles. The second-order valence-electron chi connectivity index (χ2n) is 6.27. The lowest BCUT2D eigenvalue weighted by atomic mass is 9.88. The number of allylic oxidation sites excluding steroid dienone is 1. The van der Waals surface area contributed by atoms with Crippen LogP contribution in [0.25, 0.3) is 16.8 Å². The molecule has 0 radical (unpaired) electrons. The largest absolute Gasteiger partial charge is 0.508 e. The monoisotopic (exact) mass is 318 g/mol. The molecule has 2 N–H and O–H groups in total. The molecule has 2 nitrogen and oxygen atoms in total. The first-order chi connectivity index (χ1) is 11.6. The summed E-state index contributed by atoms with van der Waals surface area (Å²) in [5.74, 6) is 1.25. The van der Waals surface area contributed by atoms with Gasteiger partial charge in [0.2, 0.25) is 0 Å². The molecule has 1 unspecified atom stereocenters. The molecule has 0 aliphatic heterocycles. The molecule has 2 heteroatoms. The van der Waals surface area contributed by atoms with Crippen molar-refractivity contribution >= 4 is 16.8 Å². The normalized spacial score (nSPS) is 15.5. The fourth-order valence-electron chi connectivity index (χ4n) is 3.28. The number of benzene rings is 3. The molecule has 0 saturated carbocycles. The molecule has 0 bridgehead atoms. The quantitative estimate of drug-likeness (QED) is 0.552. The van der Waals surface area contributed by atoms with Crippen LogP contribution in [0.1, 0.15) is 36.0 Å². The van der Waals surface area contributed by atoms with Gasteiger partial charge in [0.1, 0.15) is 11.5 Å². The lowest BCUT2D eigenvalue weighted by Gasteiger charge is -2.18. The average molecular weight is 318 g/mol. The van der Waals surface area contributed by atoms with Crippen molar-refractivity contribution in [2.45, 2.75) is 26.2 Å². The summed E-state index contributed by atoms with van der Waals surface area (Å²) in [7, 11) is 0. The summed E-state index contributed by atoms with van der Waals surface area (Å²) in [6.07, 6.45) is 5.27. The van der Waals surface area contributed by atoms with E-state index in [2.05, 4.69) is 19.1 Å². The van der Waals surface area contributed by atoms with Crippen molar-refractivity contribution in [2.75, 3.05) is 0 Å². The number of phenols is 2. The predicted octanol–water partition coefficient (Wildman–Crippen LogP) is 5.77. The van der Waals surface area contributed by atoms with Gasteiger partial charge in [-0.3, -0.25) is 0 Å². The zero-order chi connectivity index (χ0) is 17.1. The van der Waals surface area contributed by atoms with Crippen LogP contribution in [0.15, 0.2) is 60.7 Å². The van der Waals surface area contributed by atoms with Gasteiger partial charge in [-0.15, -0.1) is 0 Å². The fraction of sp³-hybridized carbons (Fsp3) is 0.182. The standard InChI is InChI=1S/C11H12O.C11H10O/c2*1-8-4-2-5-9-6-3-7-10(12)11(8)9/h2-3,5-8,12H,4H2,1H3;2-7,12H,1H3. The number of aryl methyl sites for hydroxylation is 1. The van der Waals surface area contributed by atoms with Crippen molar-refractivity contribution in [3.05, 3.63) is 77.4 Å². The highest BCUT2D eigenvalue weighted by atomic mass is 16.3. The van der Waals surface area contributed by atoms with E-state index in [1.807, 2.05) is 49.4 Å². The van der Waals surface area contributed by atoms with Gasteiger partial charge in [-0.25, -0.2) is 0 Å². The summed E-state index contributed by atoms with van der Waals surface area (Å²) in [5.41, 5.74) is 3.37. The maximum atomic E-state index is 9.59. The third kappa shape index (κ3) is 3.13. The van der Waals surface area contributed by atoms with Gasteiger partial charge < -0.3 is 10.2 Å². The van der Waals surface area contributed by atoms with E-state index in [4.69, 9.17) is 0 Å². The van der Waals surface area contributed by atoms with Crippen molar-refractivity contribution in [3.63, 3.8) is 0 Å². The first-order valence-corrected chi connectivity index (χ1v) is 8.23. The van der Waals surface area contributed by atoms with E-state index in [1.54, 1.807) is 12.1 Å². The van der Waals surface area contributed by atoms with E-state index in [0.717, 1.165) is 33.9 Å². The molecule has 4 rings (SSSR count). The van der Waals surface area contributed by atoms with Crippen LogP contribution in [0.2, 0.25) is 0 Å². The van der Waals surface area contributed by atoms with Crippen molar-refractivity contribution in [1.29, 1.82) is 0 Å². The molecule has 1 aliphatic carbocycles. The molecule has 3 aromatic rings. The average Bonchev–Trinajstić information content (AvgIpc) is 2.56. The van der Waals surface area contributed by atoms with Crippen LogP contribution in [0.3, 0.4) is 0 Å². The van der Waals surface area contributed by atoms with Crippen LogP contribution >= 0.6 is 0 Å². The maximum Gasteiger partial charge on any atom is 0.123 e. The van der Waals surface area contributed by atoms with Crippen molar-refractivity contribution in [1.82, 2.24) is 0 Å². The lowest BCUT2D eigenvalue weighted by molar-refractivity contribution is 0.462. The van der Waals surface area contributed by atoms with E-state index < -0.39 is 0 Å². The second kappa shape index (κ2) is 6.79. The predicted molar refractivity (Wildman–Crippen MR) is 101 cm³/mol. The van der Waals surface area contributed by atoms with E-state index in [1.165, 1.54) is 0 Å². The number of phenolic OH excluding ortho intramolecular Hbond substituents is 2.